The van der Waals surface area contributed by atoms with Gasteiger partial charge < -0.3 is 10.1 Å². The molecule has 0 aromatic carbocycles. The maximum Gasteiger partial charge on any atom is 0.0710 e. The van der Waals surface area contributed by atoms with Crippen LogP contribution in [-0.2, 0) is 4.74 Å². The second-order valence-electron chi connectivity index (χ2n) is 9.09. The molecule has 2 fully saturated rings. The lowest BCUT2D eigenvalue weighted by molar-refractivity contribution is -0.0587. The molecule has 3 heteroatoms. The Morgan fingerprint density at radius 1 is 1.24 bits per heavy atom. The van der Waals surface area contributed by atoms with E-state index in [-0.39, 0.29) is 11.1 Å². The van der Waals surface area contributed by atoms with Gasteiger partial charge in [-0.25, -0.2) is 0 Å². The molecule has 2 heterocycles. The van der Waals surface area contributed by atoms with Crippen molar-refractivity contribution in [3.05, 3.63) is 0 Å². The molecule has 0 radical (unpaired) electrons. The average molecular weight is 296 g/mol. The molecule has 1 N–H and O–H groups in total. The first-order chi connectivity index (χ1) is 9.56. The number of hydrogen-bond donors (Lipinski definition) is 1. The maximum absolute atomic E-state index is 6.25. The van der Waals surface area contributed by atoms with Crippen LogP contribution in [0.2, 0.25) is 0 Å². The molecular formula is C18H36N2O. The predicted octanol–water partition coefficient (Wildman–Crippen LogP) is 3.43. The summed E-state index contributed by atoms with van der Waals surface area (Å²) < 4.78 is 6.25. The van der Waals surface area contributed by atoms with E-state index < -0.39 is 0 Å². The summed E-state index contributed by atoms with van der Waals surface area (Å²) in [6.07, 6.45) is 3.99. The van der Waals surface area contributed by atoms with Gasteiger partial charge in [0.1, 0.15) is 0 Å². The van der Waals surface area contributed by atoms with Crippen molar-refractivity contribution < 1.29 is 4.74 Å². The highest BCUT2D eigenvalue weighted by Crippen LogP contribution is 2.34. The first-order valence-electron chi connectivity index (χ1n) is 8.72. The van der Waals surface area contributed by atoms with Gasteiger partial charge in [0.15, 0.2) is 0 Å². The van der Waals surface area contributed by atoms with Gasteiger partial charge in [-0.15, -0.1) is 0 Å². The molecule has 3 unspecified atom stereocenters. The van der Waals surface area contributed by atoms with Crippen molar-refractivity contribution in [1.82, 2.24) is 10.2 Å². The van der Waals surface area contributed by atoms with Crippen molar-refractivity contribution in [2.24, 2.45) is 5.41 Å². The minimum atomic E-state index is 0.0742. The fraction of sp³-hybridized carbons (Fsp3) is 1.00. The molecule has 3 nitrogen and oxygen atoms in total. The van der Waals surface area contributed by atoms with Crippen LogP contribution >= 0.6 is 0 Å². The second-order valence-corrected chi connectivity index (χ2v) is 9.09. The van der Waals surface area contributed by atoms with Crippen molar-refractivity contribution in [1.29, 1.82) is 0 Å². The number of piperazine rings is 1. The third-order valence-corrected chi connectivity index (χ3v) is 5.68. The number of ether oxygens (including phenoxy) is 1. The molecule has 0 amide bonds. The topological polar surface area (TPSA) is 24.5 Å². The third-order valence-electron chi connectivity index (χ3n) is 5.68. The van der Waals surface area contributed by atoms with Gasteiger partial charge in [-0.05, 0) is 45.4 Å². The van der Waals surface area contributed by atoms with E-state index in [1.165, 1.54) is 19.3 Å². The third kappa shape index (κ3) is 4.00. The molecule has 2 aliphatic heterocycles. The highest BCUT2D eigenvalue weighted by molar-refractivity contribution is 4.99. The smallest absolute Gasteiger partial charge is 0.0710 e. The molecular weight excluding hydrogens is 260 g/mol. The van der Waals surface area contributed by atoms with E-state index >= 15 is 0 Å². The Bertz CT molecular complexity index is 361. The van der Waals surface area contributed by atoms with Crippen LogP contribution in [0.5, 0.6) is 0 Å². The second kappa shape index (κ2) is 5.82. The van der Waals surface area contributed by atoms with Crippen molar-refractivity contribution in [2.45, 2.75) is 91.0 Å². The molecule has 21 heavy (non-hydrogen) atoms. The van der Waals surface area contributed by atoms with E-state index in [9.17, 15) is 0 Å². The van der Waals surface area contributed by atoms with Crippen LogP contribution in [0.15, 0.2) is 0 Å². The molecule has 2 rings (SSSR count). The van der Waals surface area contributed by atoms with Crippen LogP contribution < -0.4 is 5.32 Å². The molecule has 2 saturated heterocycles. The van der Waals surface area contributed by atoms with Crippen LogP contribution in [0, 0.1) is 5.41 Å². The Balaban J connectivity index is 2.05. The SMILES string of the molecule is CCC1(C)CNC(C(C)(C)C)CN1CC1CCC(C)(C)O1. The van der Waals surface area contributed by atoms with Gasteiger partial charge in [0.25, 0.3) is 0 Å². The molecule has 124 valence electrons. The molecule has 0 aromatic rings. The van der Waals surface area contributed by atoms with Gasteiger partial charge in [0.05, 0.1) is 11.7 Å². The largest absolute Gasteiger partial charge is 0.371 e. The number of rotatable bonds is 3. The molecule has 0 saturated carbocycles. The number of nitrogens with one attached hydrogen (secondary N) is 1. The van der Waals surface area contributed by atoms with Gasteiger partial charge in [-0.2, -0.15) is 0 Å². The lowest BCUT2D eigenvalue weighted by atomic mass is 9.81. The summed E-state index contributed by atoms with van der Waals surface area (Å²) in [5, 5.41) is 3.79. The predicted molar refractivity (Wildman–Crippen MR) is 89.7 cm³/mol. The zero-order valence-corrected chi connectivity index (χ0v) is 15.3. The number of nitrogens with zero attached hydrogens (tertiary/aromatic N) is 1. The summed E-state index contributed by atoms with van der Waals surface area (Å²) >= 11 is 0. The lowest BCUT2D eigenvalue weighted by Gasteiger charge is -2.51. The van der Waals surface area contributed by atoms with Crippen molar-refractivity contribution in [2.75, 3.05) is 19.6 Å². The van der Waals surface area contributed by atoms with E-state index in [2.05, 4.69) is 58.7 Å². The summed E-state index contributed by atoms with van der Waals surface area (Å²) in [6, 6.07) is 0.562. The zero-order chi connectivity index (χ0) is 15.9. The van der Waals surface area contributed by atoms with E-state index in [0.29, 0.717) is 17.6 Å². The molecule has 2 aliphatic rings. The normalized spacial score (nSPS) is 37.9. The molecule has 0 spiro atoms. The summed E-state index contributed by atoms with van der Waals surface area (Å²) in [5.41, 5.74) is 0.645. The van der Waals surface area contributed by atoms with Crippen molar-refractivity contribution in [3.63, 3.8) is 0 Å². The Kier molecular flexibility index (Phi) is 4.78. The fourth-order valence-electron chi connectivity index (χ4n) is 3.64. The Labute approximate surface area is 131 Å². The van der Waals surface area contributed by atoms with E-state index in [1.807, 2.05) is 0 Å². The minimum absolute atomic E-state index is 0.0742. The first kappa shape index (κ1) is 17.2. The van der Waals surface area contributed by atoms with Gasteiger partial charge in [-0.3, -0.25) is 4.90 Å². The van der Waals surface area contributed by atoms with Crippen molar-refractivity contribution in [3.8, 4) is 0 Å². The minimum Gasteiger partial charge on any atom is -0.371 e. The standard InChI is InChI=1S/C18H36N2O/c1-8-18(7)13-19-15(16(2,3)4)12-20(18)11-14-9-10-17(5,6)21-14/h14-15,19H,8-13H2,1-7H3. The van der Waals surface area contributed by atoms with E-state index in [1.54, 1.807) is 0 Å². The first-order valence-corrected chi connectivity index (χ1v) is 8.72. The summed E-state index contributed by atoms with van der Waals surface area (Å²) in [5.74, 6) is 0. The van der Waals surface area contributed by atoms with E-state index in [4.69, 9.17) is 4.74 Å². The molecule has 0 bridgehead atoms. The Morgan fingerprint density at radius 2 is 1.90 bits per heavy atom. The van der Waals surface area contributed by atoms with Crippen molar-refractivity contribution >= 4 is 0 Å². The summed E-state index contributed by atoms with van der Waals surface area (Å²) in [4.78, 5) is 2.70. The quantitative estimate of drug-likeness (QED) is 0.863. The number of hydrogen-bond acceptors (Lipinski definition) is 3. The van der Waals surface area contributed by atoms with Crippen LogP contribution in [0.4, 0.5) is 0 Å². The fourth-order valence-corrected chi connectivity index (χ4v) is 3.64. The van der Waals surface area contributed by atoms with Crippen LogP contribution in [-0.4, -0.2) is 47.8 Å². The van der Waals surface area contributed by atoms with Gasteiger partial charge in [0.2, 0.25) is 0 Å². The monoisotopic (exact) mass is 296 g/mol. The Morgan fingerprint density at radius 3 is 2.38 bits per heavy atom. The molecule has 0 aliphatic carbocycles. The molecule has 0 aromatic heterocycles. The maximum atomic E-state index is 6.25. The summed E-state index contributed by atoms with van der Waals surface area (Å²) in [7, 11) is 0. The highest BCUT2D eigenvalue weighted by Gasteiger charge is 2.42. The van der Waals surface area contributed by atoms with Gasteiger partial charge >= 0.3 is 0 Å². The highest BCUT2D eigenvalue weighted by atomic mass is 16.5. The average Bonchev–Trinajstić information content (AvgIpc) is 2.70. The van der Waals surface area contributed by atoms with Gasteiger partial charge in [-0.1, -0.05) is 27.7 Å². The van der Waals surface area contributed by atoms with E-state index in [0.717, 1.165) is 19.6 Å². The lowest BCUT2D eigenvalue weighted by Crippen LogP contribution is -2.66. The van der Waals surface area contributed by atoms with Crippen LogP contribution in [0.25, 0.3) is 0 Å². The van der Waals surface area contributed by atoms with Crippen LogP contribution in [0.1, 0.15) is 67.7 Å². The Hall–Kier alpha value is -0.120. The summed E-state index contributed by atoms with van der Waals surface area (Å²) in [6.45, 7) is 19.5. The van der Waals surface area contributed by atoms with Gasteiger partial charge in [0, 0.05) is 31.2 Å². The zero-order valence-electron chi connectivity index (χ0n) is 15.3. The van der Waals surface area contributed by atoms with Crippen LogP contribution in [0.3, 0.4) is 0 Å². The molecule has 3 atom stereocenters.